The molecule has 1 amide bonds. The van der Waals surface area contributed by atoms with Crippen molar-refractivity contribution in [2.24, 2.45) is 0 Å². The summed E-state index contributed by atoms with van der Waals surface area (Å²) < 4.78 is 1.15. The van der Waals surface area contributed by atoms with Crippen LogP contribution in [0.15, 0.2) is 53.4 Å². The van der Waals surface area contributed by atoms with E-state index in [1.54, 1.807) is 22.7 Å². The van der Waals surface area contributed by atoms with Gasteiger partial charge in [-0.1, -0.05) is 23.7 Å². The van der Waals surface area contributed by atoms with E-state index in [-0.39, 0.29) is 5.91 Å². The Balaban J connectivity index is 1.55. The standard InChI is InChI=1S/C21H17ClN2OS3/c1-12-13(2)27-21(19(12)20-23-16-5-3-4-6-17(16)28-20)24-18(25)11-26-15-9-7-14(22)8-10-15/h3-10H,11H2,1-2H3,(H,24,25). The van der Waals surface area contributed by atoms with E-state index >= 15 is 0 Å². The number of carbonyl (C=O) groups is 1. The number of thiophene rings is 1. The van der Waals surface area contributed by atoms with Crippen molar-refractivity contribution in [1.82, 2.24) is 4.98 Å². The van der Waals surface area contributed by atoms with E-state index in [0.29, 0.717) is 10.8 Å². The van der Waals surface area contributed by atoms with Crippen LogP contribution in [0.2, 0.25) is 5.02 Å². The fraction of sp³-hybridized carbons (Fsp3) is 0.143. The molecule has 1 N–H and O–H groups in total. The van der Waals surface area contributed by atoms with Gasteiger partial charge in [0.25, 0.3) is 0 Å². The van der Waals surface area contributed by atoms with Crippen LogP contribution in [0.1, 0.15) is 10.4 Å². The van der Waals surface area contributed by atoms with Crippen LogP contribution in [0.25, 0.3) is 20.8 Å². The van der Waals surface area contributed by atoms with Gasteiger partial charge in [0, 0.05) is 20.4 Å². The zero-order valence-electron chi connectivity index (χ0n) is 15.3. The van der Waals surface area contributed by atoms with E-state index in [1.165, 1.54) is 22.2 Å². The normalized spacial score (nSPS) is 11.1. The van der Waals surface area contributed by atoms with Crippen molar-refractivity contribution in [3.8, 4) is 10.6 Å². The average Bonchev–Trinajstić information content (AvgIpc) is 3.22. The number of hydrogen-bond donors (Lipinski definition) is 1. The number of halogens is 1. The highest BCUT2D eigenvalue weighted by Gasteiger charge is 2.19. The van der Waals surface area contributed by atoms with Crippen LogP contribution < -0.4 is 5.32 Å². The second-order valence-corrected chi connectivity index (χ2v) is 10.0. The summed E-state index contributed by atoms with van der Waals surface area (Å²) in [6.45, 7) is 4.17. The topological polar surface area (TPSA) is 42.0 Å². The zero-order chi connectivity index (χ0) is 19.7. The molecule has 0 unspecified atom stereocenters. The molecule has 0 bridgehead atoms. The van der Waals surface area contributed by atoms with E-state index in [4.69, 9.17) is 16.6 Å². The Morgan fingerprint density at radius 1 is 1.11 bits per heavy atom. The number of anilines is 1. The third-order valence-corrected chi connectivity index (χ3v) is 7.77. The summed E-state index contributed by atoms with van der Waals surface area (Å²) in [7, 11) is 0. The maximum Gasteiger partial charge on any atom is 0.235 e. The molecule has 0 aliphatic heterocycles. The van der Waals surface area contributed by atoms with E-state index in [2.05, 4.69) is 25.2 Å². The van der Waals surface area contributed by atoms with Gasteiger partial charge in [-0.25, -0.2) is 4.98 Å². The number of nitrogens with one attached hydrogen (secondary N) is 1. The van der Waals surface area contributed by atoms with Gasteiger partial charge < -0.3 is 5.32 Å². The van der Waals surface area contributed by atoms with Gasteiger partial charge in [0.1, 0.15) is 10.0 Å². The zero-order valence-corrected chi connectivity index (χ0v) is 18.5. The van der Waals surface area contributed by atoms with Crippen molar-refractivity contribution in [1.29, 1.82) is 0 Å². The Hall–Kier alpha value is -1.86. The number of carbonyl (C=O) groups excluding carboxylic acids is 1. The number of thiazole rings is 1. The molecule has 4 rings (SSSR count). The van der Waals surface area contributed by atoms with Gasteiger partial charge in [-0.3, -0.25) is 4.79 Å². The van der Waals surface area contributed by atoms with E-state index < -0.39 is 0 Å². The maximum atomic E-state index is 12.6. The predicted molar refractivity (Wildman–Crippen MR) is 123 cm³/mol. The molecular weight excluding hydrogens is 428 g/mol. The van der Waals surface area contributed by atoms with Crippen molar-refractivity contribution >= 4 is 67.2 Å². The summed E-state index contributed by atoms with van der Waals surface area (Å²) in [5.41, 5.74) is 3.19. The third kappa shape index (κ3) is 4.10. The summed E-state index contributed by atoms with van der Waals surface area (Å²) in [4.78, 5) is 19.6. The predicted octanol–water partition coefficient (Wildman–Crippen LogP) is 7.03. The number of fused-ring (bicyclic) bond motifs is 1. The van der Waals surface area contributed by atoms with Gasteiger partial charge in [0.15, 0.2) is 0 Å². The molecule has 0 radical (unpaired) electrons. The molecule has 142 valence electrons. The molecule has 28 heavy (non-hydrogen) atoms. The highest BCUT2D eigenvalue weighted by molar-refractivity contribution is 8.00. The molecule has 2 aromatic carbocycles. The molecule has 0 spiro atoms. The molecule has 0 fully saturated rings. The van der Waals surface area contributed by atoms with Crippen LogP contribution in [-0.4, -0.2) is 16.6 Å². The van der Waals surface area contributed by atoms with Crippen LogP contribution in [0, 0.1) is 13.8 Å². The van der Waals surface area contributed by atoms with Crippen LogP contribution in [-0.2, 0) is 4.79 Å². The summed E-state index contributed by atoms with van der Waals surface area (Å²) in [5.74, 6) is 0.320. The number of aryl methyl sites for hydroxylation is 1. The van der Waals surface area contributed by atoms with Crippen LogP contribution in [0.5, 0.6) is 0 Å². The number of thioether (sulfide) groups is 1. The summed E-state index contributed by atoms with van der Waals surface area (Å²) in [6, 6.07) is 15.6. The minimum Gasteiger partial charge on any atom is -0.316 e. The average molecular weight is 445 g/mol. The fourth-order valence-corrected chi connectivity index (χ4v) is 5.84. The molecule has 0 saturated carbocycles. The molecule has 0 saturated heterocycles. The van der Waals surface area contributed by atoms with Gasteiger partial charge in [0.05, 0.1) is 16.0 Å². The maximum absolute atomic E-state index is 12.6. The number of nitrogens with zero attached hydrogens (tertiary/aromatic N) is 1. The van der Waals surface area contributed by atoms with Crippen LogP contribution in [0.3, 0.4) is 0 Å². The Morgan fingerprint density at radius 2 is 1.86 bits per heavy atom. The van der Waals surface area contributed by atoms with Crippen LogP contribution in [0.4, 0.5) is 5.00 Å². The summed E-state index contributed by atoms with van der Waals surface area (Å²) in [5, 5.41) is 5.61. The lowest BCUT2D eigenvalue weighted by Gasteiger charge is -2.06. The Bertz CT molecular complexity index is 1120. The lowest BCUT2D eigenvalue weighted by Crippen LogP contribution is -2.13. The highest BCUT2D eigenvalue weighted by atomic mass is 35.5. The Kier molecular flexibility index (Phi) is 5.73. The van der Waals surface area contributed by atoms with E-state index in [0.717, 1.165) is 30.7 Å². The van der Waals surface area contributed by atoms with E-state index in [9.17, 15) is 4.79 Å². The number of para-hydroxylation sites is 1. The molecule has 3 nitrogen and oxygen atoms in total. The third-order valence-electron chi connectivity index (χ3n) is 4.33. The highest BCUT2D eigenvalue weighted by Crippen LogP contribution is 2.43. The number of benzene rings is 2. The van der Waals surface area contributed by atoms with Gasteiger partial charge in [-0.2, -0.15) is 0 Å². The first-order chi connectivity index (χ1) is 13.5. The van der Waals surface area contributed by atoms with E-state index in [1.807, 2.05) is 42.5 Å². The number of aromatic nitrogens is 1. The first-order valence-corrected chi connectivity index (χ1v) is 11.6. The first-order valence-electron chi connectivity index (χ1n) is 8.65. The van der Waals surface area contributed by atoms with Crippen molar-refractivity contribution in [3.05, 3.63) is 64.0 Å². The van der Waals surface area contributed by atoms with Gasteiger partial charge in [0.2, 0.25) is 5.91 Å². The van der Waals surface area contributed by atoms with Crippen molar-refractivity contribution in [3.63, 3.8) is 0 Å². The Morgan fingerprint density at radius 3 is 2.61 bits per heavy atom. The lowest BCUT2D eigenvalue weighted by molar-refractivity contribution is -0.113. The summed E-state index contributed by atoms with van der Waals surface area (Å²) >= 11 is 10.7. The number of rotatable bonds is 5. The van der Waals surface area contributed by atoms with Crippen molar-refractivity contribution in [2.75, 3.05) is 11.1 Å². The first kappa shape index (κ1) is 19.5. The monoisotopic (exact) mass is 444 g/mol. The second kappa shape index (κ2) is 8.25. The number of hydrogen-bond acceptors (Lipinski definition) is 5. The quantitative estimate of drug-likeness (QED) is 0.336. The largest absolute Gasteiger partial charge is 0.316 e. The second-order valence-electron chi connectivity index (χ2n) is 6.26. The molecule has 4 aromatic rings. The molecule has 2 heterocycles. The van der Waals surface area contributed by atoms with Gasteiger partial charge >= 0.3 is 0 Å². The van der Waals surface area contributed by atoms with Crippen molar-refractivity contribution < 1.29 is 4.79 Å². The summed E-state index contributed by atoms with van der Waals surface area (Å²) in [6.07, 6.45) is 0. The van der Waals surface area contributed by atoms with Crippen molar-refractivity contribution in [2.45, 2.75) is 18.7 Å². The molecule has 0 aliphatic rings. The minimum atomic E-state index is -0.0245. The van der Waals surface area contributed by atoms with Gasteiger partial charge in [-0.15, -0.1) is 34.4 Å². The van der Waals surface area contributed by atoms with Gasteiger partial charge in [-0.05, 0) is 55.8 Å². The molecule has 0 aliphatic carbocycles. The number of amides is 1. The fourth-order valence-electron chi connectivity index (χ4n) is 2.79. The minimum absolute atomic E-state index is 0.0245. The lowest BCUT2D eigenvalue weighted by atomic mass is 10.1. The van der Waals surface area contributed by atoms with Crippen LogP contribution >= 0.6 is 46.0 Å². The smallest absolute Gasteiger partial charge is 0.235 e. The Labute approximate surface area is 180 Å². The molecule has 7 heteroatoms. The molecule has 0 atom stereocenters. The molecular formula is C21H17ClN2OS3. The molecule has 2 aromatic heterocycles. The SMILES string of the molecule is Cc1sc(NC(=O)CSc2ccc(Cl)cc2)c(-c2nc3ccccc3s2)c1C.